The molecule has 3 N–H and O–H groups in total. The Labute approximate surface area is 172 Å². The van der Waals surface area contributed by atoms with Crippen molar-refractivity contribution in [3.8, 4) is 0 Å². The van der Waals surface area contributed by atoms with E-state index in [9.17, 15) is 14.4 Å². The fourth-order valence-electron chi connectivity index (χ4n) is 3.12. The third-order valence-corrected chi connectivity index (χ3v) is 4.55. The summed E-state index contributed by atoms with van der Waals surface area (Å²) in [6.45, 7) is 16.2. The minimum absolute atomic E-state index is 0.00488. The van der Waals surface area contributed by atoms with Gasteiger partial charge in [-0.25, -0.2) is 0 Å². The zero-order valence-electron chi connectivity index (χ0n) is 19.2. The van der Waals surface area contributed by atoms with Crippen molar-refractivity contribution in [3.63, 3.8) is 0 Å². The molecule has 0 radical (unpaired) electrons. The first-order chi connectivity index (χ1) is 13.0. The Hall–Kier alpha value is -1.27. The van der Waals surface area contributed by atoms with Crippen LogP contribution >= 0.6 is 0 Å². The van der Waals surface area contributed by atoms with Crippen LogP contribution in [0.2, 0.25) is 0 Å². The van der Waals surface area contributed by atoms with Gasteiger partial charge in [-0.1, -0.05) is 55.4 Å². The Kier molecular flexibility index (Phi) is 13.2. The van der Waals surface area contributed by atoms with Crippen LogP contribution in [0.25, 0.3) is 0 Å². The molecule has 0 aliphatic carbocycles. The van der Waals surface area contributed by atoms with E-state index in [1.165, 1.54) is 0 Å². The first kappa shape index (κ1) is 26.7. The standard InChI is InChI=1S/C22H43N3O3/c1-14(2)21(27)18(24-16(5)6)10-9-13-23-20(26)12-11-19(25-17(7)8)22(28)15(3)4/h14-19,24-25H,9-13H2,1-8H3,(H,23,26). The summed E-state index contributed by atoms with van der Waals surface area (Å²) in [6.07, 6.45) is 2.28. The van der Waals surface area contributed by atoms with Gasteiger partial charge in [-0.3, -0.25) is 14.4 Å². The largest absolute Gasteiger partial charge is 0.356 e. The Morgan fingerprint density at radius 2 is 1.11 bits per heavy atom. The predicted octanol–water partition coefficient (Wildman–Crippen LogP) is 2.85. The molecule has 2 atom stereocenters. The highest BCUT2D eigenvalue weighted by Crippen LogP contribution is 2.09. The highest BCUT2D eigenvalue weighted by Gasteiger charge is 2.23. The maximum atomic E-state index is 12.3. The molecule has 0 spiro atoms. The zero-order valence-corrected chi connectivity index (χ0v) is 19.2. The van der Waals surface area contributed by atoms with E-state index in [2.05, 4.69) is 16.0 Å². The van der Waals surface area contributed by atoms with Crippen molar-refractivity contribution < 1.29 is 14.4 Å². The molecular weight excluding hydrogens is 354 g/mol. The lowest BCUT2D eigenvalue weighted by molar-refractivity contribution is -0.125. The van der Waals surface area contributed by atoms with Gasteiger partial charge in [0.15, 0.2) is 11.6 Å². The molecule has 0 saturated carbocycles. The number of carbonyl (C=O) groups excluding carboxylic acids is 3. The lowest BCUT2D eigenvalue weighted by Crippen LogP contribution is -2.44. The summed E-state index contributed by atoms with van der Waals surface area (Å²) in [7, 11) is 0. The molecule has 6 nitrogen and oxygen atoms in total. The third kappa shape index (κ3) is 11.5. The smallest absolute Gasteiger partial charge is 0.220 e. The van der Waals surface area contributed by atoms with Crippen molar-refractivity contribution in [1.29, 1.82) is 0 Å². The van der Waals surface area contributed by atoms with Crippen LogP contribution < -0.4 is 16.0 Å². The van der Waals surface area contributed by atoms with Crippen molar-refractivity contribution in [3.05, 3.63) is 0 Å². The van der Waals surface area contributed by atoms with Gasteiger partial charge in [0.1, 0.15) is 0 Å². The van der Waals surface area contributed by atoms with Crippen molar-refractivity contribution in [2.45, 2.75) is 105 Å². The molecule has 0 rings (SSSR count). The number of amides is 1. The predicted molar refractivity (Wildman–Crippen MR) is 115 cm³/mol. The van der Waals surface area contributed by atoms with Gasteiger partial charge >= 0.3 is 0 Å². The first-order valence-corrected chi connectivity index (χ1v) is 10.8. The highest BCUT2D eigenvalue weighted by atomic mass is 16.2. The van der Waals surface area contributed by atoms with Crippen LogP contribution in [0.5, 0.6) is 0 Å². The zero-order chi connectivity index (χ0) is 21.9. The van der Waals surface area contributed by atoms with Crippen LogP contribution in [0, 0.1) is 11.8 Å². The molecule has 0 aromatic carbocycles. The fraction of sp³-hybridized carbons (Fsp3) is 0.864. The number of hydrogen-bond acceptors (Lipinski definition) is 5. The van der Waals surface area contributed by atoms with E-state index in [0.717, 1.165) is 6.42 Å². The van der Waals surface area contributed by atoms with Crippen LogP contribution in [0.3, 0.4) is 0 Å². The first-order valence-electron chi connectivity index (χ1n) is 10.8. The lowest BCUT2D eigenvalue weighted by atomic mass is 9.97. The summed E-state index contributed by atoms with van der Waals surface area (Å²) in [5, 5.41) is 9.51. The maximum Gasteiger partial charge on any atom is 0.220 e. The monoisotopic (exact) mass is 397 g/mol. The summed E-state index contributed by atoms with van der Waals surface area (Å²) in [4.78, 5) is 36.8. The van der Waals surface area contributed by atoms with Crippen molar-refractivity contribution in [2.75, 3.05) is 6.54 Å². The molecule has 28 heavy (non-hydrogen) atoms. The number of hydrogen-bond donors (Lipinski definition) is 3. The van der Waals surface area contributed by atoms with Crippen LogP contribution in [0.1, 0.15) is 81.1 Å². The second kappa shape index (κ2) is 13.8. The average Bonchev–Trinajstić information content (AvgIpc) is 2.58. The number of Topliss-reactive ketones (excluding diaryl/α,β-unsaturated/α-hetero) is 2. The molecule has 1 amide bonds. The SMILES string of the molecule is CC(C)NC(CCCNC(=O)CCC(NC(C)C)C(=O)C(C)C)C(=O)C(C)C. The van der Waals surface area contributed by atoms with E-state index in [-0.39, 0.29) is 53.5 Å². The molecule has 0 saturated heterocycles. The van der Waals surface area contributed by atoms with E-state index in [0.29, 0.717) is 25.8 Å². The highest BCUT2D eigenvalue weighted by molar-refractivity contribution is 5.86. The molecule has 0 fully saturated rings. The summed E-state index contributed by atoms with van der Waals surface area (Å²) >= 11 is 0. The molecule has 0 heterocycles. The third-order valence-electron chi connectivity index (χ3n) is 4.55. The Morgan fingerprint density at radius 1 is 0.679 bits per heavy atom. The van der Waals surface area contributed by atoms with Gasteiger partial charge in [0.05, 0.1) is 12.1 Å². The molecule has 0 aromatic rings. The minimum Gasteiger partial charge on any atom is -0.356 e. The second-order valence-corrected chi connectivity index (χ2v) is 8.89. The Balaban J connectivity index is 4.38. The van der Waals surface area contributed by atoms with Crippen LogP contribution in [-0.4, -0.2) is 48.2 Å². The van der Waals surface area contributed by atoms with Crippen molar-refractivity contribution in [2.24, 2.45) is 11.8 Å². The molecule has 6 heteroatoms. The number of carbonyl (C=O) groups is 3. The molecule has 164 valence electrons. The van der Waals surface area contributed by atoms with E-state index in [4.69, 9.17) is 0 Å². The van der Waals surface area contributed by atoms with E-state index >= 15 is 0 Å². The molecule has 2 unspecified atom stereocenters. The second-order valence-electron chi connectivity index (χ2n) is 8.89. The molecule has 0 aliphatic rings. The number of nitrogens with one attached hydrogen (secondary N) is 3. The summed E-state index contributed by atoms with van der Waals surface area (Å²) in [6, 6.07) is -0.0138. The van der Waals surface area contributed by atoms with Gasteiger partial charge in [0.2, 0.25) is 5.91 Å². The van der Waals surface area contributed by atoms with E-state index in [1.54, 1.807) is 0 Å². The van der Waals surface area contributed by atoms with Crippen molar-refractivity contribution >= 4 is 17.5 Å². The molecule has 0 aromatic heterocycles. The molecule has 0 aliphatic heterocycles. The number of rotatable bonds is 15. The van der Waals surface area contributed by atoms with Crippen LogP contribution in [0.4, 0.5) is 0 Å². The van der Waals surface area contributed by atoms with Gasteiger partial charge in [0, 0.05) is 36.9 Å². The Morgan fingerprint density at radius 3 is 1.50 bits per heavy atom. The van der Waals surface area contributed by atoms with Gasteiger partial charge in [-0.2, -0.15) is 0 Å². The van der Waals surface area contributed by atoms with Crippen LogP contribution in [0.15, 0.2) is 0 Å². The number of ketones is 2. The summed E-state index contributed by atoms with van der Waals surface area (Å²) in [5.74, 6) is 0.264. The van der Waals surface area contributed by atoms with E-state index < -0.39 is 0 Å². The minimum atomic E-state index is -0.283. The van der Waals surface area contributed by atoms with Gasteiger partial charge in [0.25, 0.3) is 0 Å². The normalized spacial score (nSPS) is 14.0. The fourth-order valence-corrected chi connectivity index (χ4v) is 3.12. The summed E-state index contributed by atoms with van der Waals surface area (Å²) < 4.78 is 0. The average molecular weight is 398 g/mol. The molecule has 0 bridgehead atoms. The summed E-state index contributed by atoms with van der Waals surface area (Å²) in [5.41, 5.74) is 0. The quantitative estimate of drug-likeness (QED) is 0.370. The maximum absolute atomic E-state index is 12.3. The van der Waals surface area contributed by atoms with E-state index in [1.807, 2.05) is 55.4 Å². The van der Waals surface area contributed by atoms with Crippen molar-refractivity contribution in [1.82, 2.24) is 16.0 Å². The Bertz CT molecular complexity index is 487. The topological polar surface area (TPSA) is 87.3 Å². The molecular formula is C22H43N3O3. The van der Waals surface area contributed by atoms with Crippen LogP contribution in [-0.2, 0) is 14.4 Å². The van der Waals surface area contributed by atoms with Gasteiger partial charge in [-0.15, -0.1) is 0 Å². The van der Waals surface area contributed by atoms with Gasteiger partial charge in [-0.05, 0) is 19.3 Å². The van der Waals surface area contributed by atoms with Gasteiger partial charge < -0.3 is 16.0 Å². The lowest BCUT2D eigenvalue weighted by Gasteiger charge is -2.22.